The topological polar surface area (TPSA) is 75.3 Å². The van der Waals surface area contributed by atoms with Crippen LogP contribution < -0.4 is 10.3 Å². The van der Waals surface area contributed by atoms with Crippen LogP contribution in [0.5, 0.6) is 0 Å². The molecule has 0 atom stereocenters. The van der Waals surface area contributed by atoms with Crippen molar-refractivity contribution in [3.63, 3.8) is 0 Å². The van der Waals surface area contributed by atoms with Crippen LogP contribution in [0.2, 0.25) is 0 Å². The van der Waals surface area contributed by atoms with E-state index in [1.54, 1.807) is 24.3 Å². The fraction of sp³-hybridized carbons (Fsp3) is 0.0556. The number of alkyl halides is 3. The second kappa shape index (κ2) is 7.01. The van der Waals surface area contributed by atoms with Crippen LogP contribution in [-0.2, 0) is 16.2 Å². The number of rotatable bonds is 4. The van der Waals surface area contributed by atoms with E-state index in [9.17, 15) is 26.4 Å². The highest BCUT2D eigenvalue weighted by Crippen LogP contribution is 2.29. The Morgan fingerprint density at radius 1 is 0.852 bits per heavy atom. The van der Waals surface area contributed by atoms with Crippen molar-refractivity contribution in [3.05, 3.63) is 77.9 Å². The van der Waals surface area contributed by atoms with Crippen LogP contribution in [0.4, 0.5) is 13.2 Å². The van der Waals surface area contributed by atoms with Crippen LogP contribution in [0.1, 0.15) is 15.9 Å². The van der Waals surface area contributed by atoms with Gasteiger partial charge < -0.3 is 0 Å². The average Bonchev–Trinajstić information content (AvgIpc) is 2.65. The van der Waals surface area contributed by atoms with Gasteiger partial charge >= 0.3 is 6.18 Å². The van der Waals surface area contributed by atoms with Gasteiger partial charge in [-0.1, -0.05) is 30.3 Å². The molecule has 0 fully saturated rings. The van der Waals surface area contributed by atoms with Gasteiger partial charge in [0.05, 0.1) is 10.5 Å². The number of fused-ring (bicyclic) bond motifs is 1. The van der Waals surface area contributed by atoms with Gasteiger partial charge in [0.1, 0.15) is 0 Å². The molecule has 9 heteroatoms. The molecule has 3 aromatic rings. The molecule has 27 heavy (non-hydrogen) atoms. The van der Waals surface area contributed by atoms with E-state index in [0.29, 0.717) is 12.1 Å². The van der Waals surface area contributed by atoms with Crippen molar-refractivity contribution in [3.8, 4) is 0 Å². The Hall–Kier alpha value is -2.91. The van der Waals surface area contributed by atoms with Crippen LogP contribution in [-0.4, -0.2) is 14.3 Å². The molecule has 0 radical (unpaired) electrons. The van der Waals surface area contributed by atoms with E-state index in [2.05, 4.69) is 0 Å². The average molecular weight is 394 g/mol. The third-order valence-electron chi connectivity index (χ3n) is 3.80. The predicted octanol–water partition coefficient (Wildman–Crippen LogP) is 3.48. The smallest absolute Gasteiger partial charge is 0.273 e. The van der Waals surface area contributed by atoms with Crippen LogP contribution in [0.25, 0.3) is 10.8 Å². The molecule has 1 amide bonds. The summed E-state index contributed by atoms with van der Waals surface area (Å²) in [6, 6.07) is 15.1. The molecule has 3 aromatic carbocycles. The van der Waals surface area contributed by atoms with Gasteiger partial charge in [-0.3, -0.25) is 10.2 Å². The van der Waals surface area contributed by atoms with Gasteiger partial charge in [0, 0.05) is 5.56 Å². The molecule has 3 rings (SSSR count). The van der Waals surface area contributed by atoms with Crippen LogP contribution in [0.15, 0.2) is 71.6 Å². The number of sulfonamides is 1. The number of halogens is 3. The molecule has 2 N–H and O–H groups in total. The zero-order valence-electron chi connectivity index (χ0n) is 13.6. The number of carbonyl (C=O) groups excluding carboxylic acids is 1. The number of nitrogens with one attached hydrogen (secondary N) is 2. The fourth-order valence-electron chi connectivity index (χ4n) is 2.40. The Morgan fingerprint density at radius 3 is 2.11 bits per heavy atom. The van der Waals surface area contributed by atoms with Gasteiger partial charge in [0.15, 0.2) is 0 Å². The minimum Gasteiger partial charge on any atom is -0.273 e. The first kappa shape index (κ1) is 18.9. The van der Waals surface area contributed by atoms with E-state index >= 15 is 0 Å². The standard InChI is InChI=1S/C18H13F3N2O3S/c19-18(20,21)15-7-9-16(10-8-15)27(25,26)23-22-17(24)14-6-5-12-3-1-2-4-13(12)11-14/h1-11,23H,(H,22,24). The summed E-state index contributed by atoms with van der Waals surface area (Å²) in [5, 5.41) is 1.72. The molecule has 0 spiro atoms. The van der Waals surface area contributed by atoms with Crippen molar-refractivity contribution >= 4 is 26.7 Å². The Morgan fingerprint density at radius 2 is 1.48 bits per heavy atom. The second-order valence-electron chi connectivity index (χ2n) is 5.64. The highest BCUT2D eigenvalue weighted by molar-refractivity contribution is 7.89. The molecule has 0 saturated heterocycles. The maximum atomic E-state index is 12.5. The van der Waals surface area contributed by atoms with Crippen LogP contribution >= 0.6 is 0 Å². The summed E-state index contributed by atoms with van der Waals surface area (Å²) in [6.07, 6.45) is -4.57. The number of hydrogen-bond donors (Lipinski definition) is 2. The second-order valence-corrected chi connectivity index (χ2v) is 7.33. The molecule has 0 bridgehead atoms. The molecule has 0 aliphatic carbocycles. The first-order valence-electron chi connectivity index (χ1n) is 7.65. The number of carbonyl (C=O) groups is 1. The summed E-state index contributed by atoms with van der Waals surface area (Å²) in [5.74, 6) is -0.698. The molecule has 0 heterocycles. The van der Waals surface area contributed by atoms with Crippen molar-refractivity contribution in [2.45, 2.75) is 11.1 Å². The van der Waals surface area contributed by atoms with Gasteiger partial charge in [0.2, 0.25) is 0 Å². The van der Waals surface area contributed by atoms with Gasteiger partial charge in [-0.25, -0.2) is 8.42 Å². The van der Waals surface area contributed by atoms with Crippen LogP contribution in [0.3, 0.4) is 0 Å². The van der Waals surface area contributed by atoms with Gasteiger partial charge in [-0.2, -0.15) is 13.2 Å². The first-order chi connectivity index (χ1) is 12.7. The zero-order chi connectivity index (χ0) is 19.7. The normalized spacial score (nSPS) is 12.1. The summed E-state index contributed by atoms with van der Waals surface area (Å²) in [4.78, 5) is 13.6. The quantitative estimate of drug-likeness (QED) is 0.666. The van der Waals surface area contributed by atoms with E-state index < -0.39 is 32.6 Å². The van der Waals surface area contributed by atoms with Crippen molar-refractivity contribution in [2.24, 2.45) is 0 Å². The monoisotopic (exact) mass is 394 g/mol. The van der Waals surface area contributed by atoms with E-state index in [-0.39, 0.29) is 5.56 Å². The maximum absolute atomic E-state index is 12.5. The van der Waals surface area contributed by atoms with Crippen molar-refractivity contribution in [2.75, 3.05) is 0 Å². The molecule has 0 unspecified atom stereocenters. The highest BCUT2D eigenvalue weighted by atomic mass is 32.2. The molecular weight excluding hydrogens is 381 g/mol. The lowest BCUT2D eigenvalue weighted by molar-refractivity contribution is -0.137. The molecule has 0 aromatic heterocycles. The Kier molecular flexibility index (Phi) is 4.90. The Bertz CT molecular complexity index is 1090. The maximum Gasteiger partial charge on any atom is 0.416 e. The Labute approximate surface area is 152 Å². The third-order valence-corrected chi connectivity index (χ3v) is 5.07. The number of amides is 1. The lowest BCUT2D eigenvalue weighted by Gasteiger charge is -2.10. The largest absolute Gasteiger partial charge is 0.416 e. The predicted molar refractivity (Wildman–Crippen MR) is 93.2 cm³/mol. The summed E-state index contributed by atoms with van der Waals surface area (Å²) >= 11 is 0. The van der Waals surface area contributed by atoms with Gasteiger partial charge in [-0.15, -0.1) is 4.83 Å². The third kappa shape index (κ3) is 4.26. The zero-order valence-corrected chi connectivity index (χ0v) is 14.4. The minimum atomic E-state index is -4.57. The fourth-order valence-corrected chi connectivity index (χ4v) is 3.24. The summed E-state index contributed by atoms with van der Waals surface area (Å²) in [7, 11) is -4.22. The van der Waals surface area contributed by atoms with Gasteiger partial charge in [-0.05, 0) is 47.2 Å². The molecule has 0 aliphatic heterocycles. The number of hydrogen-bond acceptors (Lipinski definition) is 3. The lowest BCUT2D eigenvalue weighted by Crippen LogP contribution is -2.41. The summed E-state index contributed by atoms with van der Waals surface area (Å²) < 4.78 is 61.9. The lowest BCUT2D eigenvalue weighted by atomic mass is 10.1. The van der Waals surface area contributed by atoms with Crippen molar-refractivity contribution in [1.82, 2.24) is 10.3 Å². The van der Waals surface area contributed by atoms with Crippen molar-refractivity contribution < 1.29 is 26.4 Å². The first-order valence-corrected chi connectivity index (χ1v) is 9.13. The highest BCUT2D eigenvalue weighted by Gasteiger charge is 2.30. The molecule has 140 valence electrons. The molecule has 0 saturated carbocycles. The summed E-state index contributed by atoms with van der Waals surface area (Å²) in [5.41, 5.74) is 1.30. The minimum absolute atomic E-state index is 0.226. The Balaban J connectivity index is 1.73. The van der Waals surface area contributed by atoms with Gasteiger partial charge in [0.25, 0.3) is 15.9 Å². The number of benzene rings is 3. The van der Waals surface area contributed by atoms with E-state index in [0.717, 1.165) is 22.9 Å². The molecule has 5 nitrogen and oxygen atoms in total. The molecular formula is C18H13F3N2O3S. The van der Waals surface area contributed by atoms with Crippen LogP contribution in [0, 0.1) is 0 Å². The van der Waals surface area contributed by atoms with E-state index in [1.165, 1.54) is 6.07 Å². The molecule has 0 aliphatic rings. The SMILES string of the molecule is O=C(NNS(=O)(=O)c1ccc(C(F)(F)F)cc1)c1ccc2ccccc2c1. The van der Waals surface area contributed by atoms with E-state index in [4.69, 9.17) is 0 Å². The van der Waals surface area contributed by atoms with E-state index in [1.807, 2.05) is 22.4 Å². The summed E-state index contributed by atoms with van der Waals surface area (Å²) in [6.45, 7) is 0. The number of hydrazine groups is 1. The van der Waals surface area contributed by atoms with Crippen molar-refractivity contribution in [1.29, 1.82) is 0 Å².